The summed E-state index contributed by atoms with van der Waals surface area (Å²) in [4.78, 5) is 11.5. The van der Waals surface area contributed by atoms with Crippen LogP contribution in [0.25, 0.3) is 6.08 Å². The largest absolute Gasteiger partial charge is 0.491 e. The number of methoxy groups -OCH3 is 1. The molecule has 1 aromatic carbocycles. The summed E-state index contributed by atoms with van der Waals surface area (Å²) >= 11 is 6.09. The van der Waals surface area contributed by atoms with E-state index in [0.717, 1.165) is 0 Å². The van der Waals surface area contributed by atoms with E-state index < -0.39 is 5.91 Å². The number of nitriles is 1. The van der Waals surface area contributed by atoms with Gasteiger partial charge in [0.25, 0.3) is 5.91 Å². The molecule has 0 spiro atoms. The zero-order valence-electron chi connectivity index (χ0n) is 11.5. The molecular weight excluding hydrogens is 280 g/mol. The molecule has 1 N–H and O–H groups in total. The van der Waals surface area contributed by atoms with Crippen LogP contribution in [0.1, 0.15) is 12.5 Å². The number of benzene rings is 1. The van der Waals surface area contributed by atoms with E-state index in [1.54, 1.807) is 12.1 Å². The number of ether oxygens (including phenoxy) is 2. The molecular formula is C14H15ClN2O3. The molecule has 0 aliphatic rings. The van der Waals surface area contributed by atoms with Crippen molar-refractivity contribution in [2.75, 3.05) is 20.8 Å². The van der Waals surface area contributed by atoms with Gasteiger partial charge in [-0.3, -0.25) is 4.79 Å². The maximum absolute atomic E-state index is 11.5. The lowest BCUT2D eigenvalue weighted by Crippen LogP contribution is -2.19. The number of nitrogens with one attached hydrogen (secondary N) is 1. The molecule has 0 unspecified atom stereocenters. The van der Waals surface area contributed by atoms with Crippen LogP contribution in [0.2, 0.25) is 5.02 Å². The van der Waals surface area contributed by atoms with Crippen LogP contribution in [0, 0.1) is 11.3 Å². The quantitative estimate of drug-likeness (QED) is 0.668. The van der Waals surface area contributed by atoms with Gasteiger partial charge in [-0.25, -0.2) is 0 Å². The second kappa shape index (κ2) is 7.41. The Kier molecular flexibility index (Phi) is 5.88. The fourth-order valence-corrected chi connectivity index (χ4v) is 1.88. The Labute approximate surface area is 122 Å². The van der Waals surface area contributed by atoms with Crippen LogP contribution in [0.5, 0.6) is 11.5 Å². The van der Waals surface area contributed by atoms with Crippen LogP contribution in [-0.4, -0.2) is 26.7 Å². The van der Waals surface area contributed by atoms with Gasteiger partial charge in [0.1, 0.15) is 11.6 Å². The van der Waals surface area contributed by atoms with E-state index in [-0.39, 0.29) is 5.57 Å². The molecule has 1 rings (SSSR count). The summed E-state index contributed by atoms with van der Waals surface area (Å²) in [6.07, 6.45) is 1.44. The van der Waals surface area contributed by atoms with Crippen molar-refractivity contribution in [3.63, 3.8) is 0 Å². The molecule has 0 bridgehead atoms. The standard InChI is InChI=1S/C14H15ClN2O3/c1-4-20-12-7-9(6-11(15)13(12)19-3)5-10(8-16)14(18)17-2/h5-7H,4H2,1-3H3,(H,17,18)/b10-5+. The molecule has 0 aliphatic heterocycles. The van der Waals surface area contributed by atoms with E-state index in [4.69, 9.17) is 26.3 Å². The highest BCUT2D eigenvalue weighted by Crippen LogP contribution is 2.36. The predicted octanol–water partition coefficient (Wildman–Crippen LogP) is 2.40. The summed E-state index contributed by atoms with van der Waals surface area (Å²) in [5.41, 5.74) is 0.565. The Balaban J connectivity index is 3.30. The highest BCUT2D eigenvalue weighted by atomic mass is 35.5. The molecule has 0 aromatic heterocycles. The van der Waals surface area contributed by atoms with Gasteiger partial charge in [-0.2, -0.15) is 5.26 Å². The third-order valence-electron chi connectivity index (χ3n) is 2.44. The SMILES string of the molecule is CCOc1cc(/C=C(\C#N)C(=O)NC)cc(Cl)c1OC. The first-order chi connectivity index (χ1) is 9.57. The van der Waals surface area contributed by atoms with Crippen LogP contribution < -0.4 is 14.8 Å². The molecule has 106 valence electrons. The van der Waals surface area contributed by atoms with Crippen molar-refractivity contribution < 1.29 is 14.3 Å². The van der Waals surface area contributed by atoms with Gasteiger partial charge in [-0.15, -0.1) is 0 Å². The van der Waals surface area contributed by atoms with Crippen molar-refractivity contribution in [2.24, 2.45) is 0 Å². The molecule has 20 heavy (non-hydrogen) atoms. The summed E-state index contributed by atoms with van der Waals surface area (Å²) in [6, 6.07) is 5.10. The molecule has 0 aliphatic carbocycles. The van der Waals surface area contributed by atoms with Crippen LogP contribution in [0.3, 0.4) is 0 Å². The third-order valence-corrected chi connectivity index (χ3v) is 2.72. The topological polar surface area (TPSA) is 71.3 Å². The minimum atomic E-state index is -0.461. The average molecular weight is 295 g/mol. The average Bonchev–Trinajstić information content (AvgIpc) is 2.44. The number of likely N-dealkylation sites (N-methyl/N-ethyl adjacent to an activating group) is 1. The Hall–Kier alpha value is -2.19. The van der Waals surface area contributed by atoms with Crippen LogP contribution in [0.4, 0.5) is 0 Å². The number of rotatable bonds is 5. The van der Waals surface area contributed by atoms with Crippen LogP contribution in [-0.2, 0) is 4.79 Å². The highest BCUT2D eigenvalue weighted by molar-refractivity contribution is 6.32. The first-order valence-electron chi connectivity index (χ1n) is 5.91. The molecule has 6 heteroatoms. The Morgan fingerprint density at radius 2 is 2.25 bits per heavy atom. The smallest absolute Gasteiger partial charge is 0.261 e. The number of carbonyl (C=O) groups is 1. The Morgan fingerprint density at radius 3 is 2.75 bits per heavy atom. The van der Waals surface area contributed by atoms with Crippen molar-refractivity contribution in [3.8, 4) is 17.6 Å². The molecule has 0 radical (unpaired) electrons. The first kappa shape index (κ1) is 15.9. The van der Waals surface area contributed by atoms with Gasteiger partial charge in [-0.1, -0.05) is 11.6 Å². The number of nitrogens with zero attached hydrogens (tertiary/aromatic N) is 1. The molecule has 0 fully saturated rings. The number of carbonyl (C=O) groups excluding carboxylic acids is 1. The Bertz CT molecular complexity index is 577. The van der Waals surface area contributed by atoms with Crippen LogP contribution in [0.15, 0.2) is 17.7 Å². The van der Waals surface area contributed by atoms with Gasteiger partial charge in [0.05, 0.1) is 18.7 Å². The number of hydrogen-bond acceptors (Lipinski definition) is 4. The zero-order chi connectivity index (χ0) is 15.1. The summed E-state index contributed by atoms with van der Waals surface area (Å²) in [6.45, 7) is 2.28. The molecule has 1 amide bonds. The van der Waals surface area contributed by atoms with E-state index in [2.05, 4.69) is 5.32 Å². The van der Waals surface area contributed by atoms with Gasteiger partial charge < -0.3 is 14.8 Å². The lowest BCUT2D eigenvalue weighted by Gasteiger charge is -2.12. The zero-order valence-corrected chi connectivity index (χ0v) is 12.2. The second-order valence-corrected chi connectivity index (χ2v) is 4.12. The van der Waals surface area contributed by atoms with Crippen molar-refractivity contribution >= 4 is 23.6 Å². The molecule has 0 atom stereocenters. The van der Waals surface area contributed by atoms with Crippen molar-refractivity contribution in [1.82, 2.24) is 5.32 Å². The van der Waals surface area contributed by atoms with E-state index >= 15 is 0 Å². The molecule has 0 saturated carbocycles. The lowest BCUT2D eigenvalue weighted by atomic mass is 10.1. The summed E-state index contributed by atoms with van der Waals surface area (Å²) in [7, 11) is 2.95. The molecule has 0 saturated heterocycles. The van der Waals surface area contributed by atoms with E-state index in [1.807, 2.05) is 13.0 Å². The van der Waals surface area contributed by atoms with Gasteiger partial charge in [0.15, 0.2) is 11.5 Å². The molecule has 0 heterocycles. The minimum absolute atomic E-state index is 0.0174. The van der Waals surface area contributed by atoms with Crippen molar-refractivity contribution in [1.29, 1.82) is 5.26 Å². The highest BCUT2D eigenvalue weighted by Gasteiger charge is 2.12. The van der Waals surface area contributed by atoms with Crippen molar-refractivity contribution in [3.05, 3.63) is 28.3 Å². The van der Waals surface area contributed by atoms with Gasteiger partial charge in [0.2, 0.25) is 0 Å². The third kappa shape index (κ3) is 3.65. The first-order valence-corrected chi connectivity index (χ1v) is 6.29. The minimum Gasteiger partial charge on any atom is -0.491 e. The number of amides is 1. The summed E-state index contributed by atoms with van der Waals surface area (Å²) in [5, 5.41) is 11.7. The summed E-state index contributed by atoms with van der Waals surface area (Å²) < 4.78 is 10.6. The van der Waals surface area contributed by atoms with Gasteiger partial charge >= 0.3 is 0 Å². The molecule has 1 aromatic rings. The fourth-order valence-electron chi connectivity index (χ4n) is 1.58. The number of hydrogen-bond donors (Lipinski definition) is 1. The molecule has 5 nitrogen and oxygen atoms in total. The summed E-state index contributed by atoms with van der Waals surface area (Å²) in [5.74, 6) is 0.421. The predicted molar refractivity (Wildman–Crippen MR) is 76.8 cm³/mol. The maximum atomic E-state index is 11.5. The van der Waals surface area contributed by atoms with Crippen LogP contribution >= 0.6 is 11.6 Å². The van der Waals surface area contributed by atoms with Gasteiger partial charge in [0, 0.05) is 7.05 Å². The maximum Gasteiger partial charge on any atom is 0.261 e. The number of halogens is 1. The monoisotopic (exact) mass is 294 g/mol. The van der Waals surface area contributed by atoms with E-state index in [0.29, 0.717) is 28.7 Å². The van der Waals surface area contributed by atoms with Crippen molar-refractivity contribution in [2.45, 2.75) is 6.92 Å². The van der Waals surface area contributed by atoms with Gasteiger partial charge in [-0.05, 0) is 30.7 Å². The van der Waals surface area contributed by atoms with E-state index in [9.17, 15) is 4.79 Å². The van der Waals surface area contributed by atoms with E-state index in [1.165, 1.54) is 20.2 Å². The lowest BCUT2D eigenvalue weighted by molar-refractivity contribution is -0.116. The fraction of sp³-hybridized carbons (Fsp3) is 0.286. The second-order valence-electron chi connectivity index (χ2n) is 3.72. The normalized spacial score (nSPS) is 10.7. The Morgan fingerprint density at radius 1 is 1.55 bits per heavy atom.